The predicted octanol–water partition coefficient (Wildman–Crippen LogP) is 4.10. The third-order valence-corrected chi connectivity index (χ3v) is 4.11. The van der Waals surface area contributed by atoms with Crippen LogP contribution in [0.4, 0.5) is 11.4 Å². The molecule has 28 heavy (non-hydrogen) atoms. The fourth-order valence-corrected chi connectivity index (χ4v) is 2.52. The molecule has 140 valence electrons. The lowest BCUT2D eigenvalue weighted by Crippen LogP contribution is -2.17. The molecule has 3 rings (SSSR count). The van der Waals surface area contributed by atoms with Crippen LogP contribution in [0.25, 0.3) is 0 Å². The Morgan fingerprint density at radius 2 is 1.32 bits per heavy atom. The zero-order chi connectivity index (χ0) is 20.1. The molecule has 3 aromatic rings. The molecule has 2 amide bonds. The van der Waals surface area contributed by atoms with E-state index in [2.05, 4.69) is 15.6 Å². The summed E-state index contributed by atoms with van der Waals surface area (Å²) in [5.74, 6) is -0.821. The lowest BCUT2D eigenvalue weighted by molar-refractivity contribution is 0.101. The molecule has 6 heteroatoms. The second-order valence-corrected chi connectivity index (χ2v) is 6.34. The average Bonchev–Trinajstić information content (AvgIpc) is 2.70. The molecular weight excluding hydrogens is 354 g/mol. The zero-order valence-electron chi connectivity index (χ0n) is 15.5. The Morgan fingerprint density at radius 1 is 0.750 bits per heavy atom. The molecule has 0 aliphatic carbocycles. The van der Waals surface area contributed by atoms with Gasteiger partial charge < -0.3 is 10.6 Å². The smallest absolute Gasteiger partial charge is 0.274 e. The Labute approximate surface area is 162 Å². The first-order valence-electron chi connectivity index (χ1n) is 8.69. The summed E-state index contributed by atoms with van der Waals surface area (Å²) in [6.07, 6.45) is 1.41. The van der Waals surface area contributed by atoms with Crippen LogP contribution >= 0.6 is 0 Å². The summed E-state index contributed by atoms with van der Waals surface area (Å²) in [4.78, 5) is 40.2. The van der Waals surface area contributed by atoms with Gasteiger partial charge in [-0.05, 0) is 62.4 Å². The van der Waals surface area contributed by atoms with Crippen molar-refractivity contribution in [1.82, 2.24) is 4.98 Å². The van der Waals surface area contributed by atoms with Gasteiger partial charge in [-0.1, -0.05) is 17.7 Å². The van der Waals surface area contributed by atoms with Crippen molar-refractivity contribution in [2.24, 2.45) is 0 Å². The van der Waals surface area contributed by atoms with Gasteiger partial charge in [0.25, 0.3) is 11.8 Å². The minimum Gasteiger partial charge on any atom is -0.322 e. The molecule has 0 aliphatic heterocycles. The molecule has 2 N–H and O–H groups in total. The standard InChI is InChI=1S/C22H19N3O3/c1-14-3-7-18(8-4-14)24-21(27)17-11-12-23-20(13-17)22(28)25-19-9-5-16(6-10-19)15(2)26/h3-13H,1-2H3,(H,24,27)(H,25,28). The molecule has 0 spiro atoms. The van der Waals surface area contributed by atoms with E-state index in [1.165, 1.54) is 19.2 Å². The number of aromatic nitrogens is 1. The first-order chi connectivity index (χ1) is 13.4. The maximum absolute atomic E-state index is 12.4. The van der Waals surface area contributed by atoms with E-state index in [1.54, 1.807) is 30.3 Å². The second kappa shape index (κ2) is 8.26. The van der Waals surface area contributed by atoms with Gasteiger partial charge in [0.05, 0.1) is 0 Å². The van der Waals surface area contributed by atoms with Crippen molar-refractivity contribution < 1.29 is 14.4 Å². The van der Waals surface area contributed by atoms with Gasteiger partial charge >= 0.3 is 0 Å². The van der Waals surface area contributed by atoms with E-state index in [4.69, 9.17) is 0 Å². The number of nitrogens with one attached hydrogen (secondary N) is 2. The van der Waals surface area contributed by atoms with Crippen LogP contribution in [0.15, 0.2) is 66.9 Å². The van der Waals surface area contributed by atoms with Gasteiger partial charge in [-0.25, -0.2) is 0 Å². The van der Waals surface area contributed by atoms with E-state index in [9.17, 15) is 14.4 Å². The Balaban J connectivity index is 1.71. The highest BCUT2D eigenvalue weighted by molar-refractivity contribution is 6.08. The molecule has 1 aromatic heterocycles. The summed E-state index contributed by atoms with van der Waals surface area (Å²) in [5, 5.41) is 5.49. The molecule has 0 radical (unpaired) electrons. The minimum absolute atomic E-state index is 0.0492. The lowest BCUT2D eigenvalue weighted by Gasteiger charge is -2.08. The highest BCUT2D eigenvalue weighted by Gasteiger charge is 2.13. The van der Waals surface area contributed by atoms with Gasteiger partial charge in [-0.3, -0.25) is 19.4 Å². The third kappa shape index (κ3) is 4.67. The normalized spacial score (nSPS) is 10.2. The summed E-state index contributed by atoms with van der Waals surface area (Å²) >= 11 is 0. The van der Waals surface area contributed by atoms with Gasteiger partial charge in [0.1, 0.15) is 5.69 Å². The van der Waals surface area contributed by atoms with Crippen molar-refractivity contribution in [3.8, 4) is 0 Å². The number of hydrogen-bond donors (Lipinski definition) is 2. The van der Waals surface area contributed by atoms with Crippen molar-refractivity contribution in [3.63, 3.8) is 0 Å². The quantitative estimate of drug-likeness (QED) is 0.659. The van der Waals surface area contributed by atoms with Crippen molar-refractivity contribution in [3.05, 3.63) is 89.2 Å². The van der Waals surface area contributed by atoms with E-state index in [1.807, 2.05) is 31.2 Å². The van der Waals surface area contributed by atoms with Crippen molar-refractivity contribution in [1.29, 1.82) is 0 Å². The van der Waals surface area contributed by atoms with Gasteiger partial charge in [0, 0.05) is 28.7 Å². The van der Waals surface area contributed by atoms with Crippen LogP contribution in [0.1, 0.15) is 43.7 Å². The van der Waals surface area contributed by atoms with Crippen LogP contribution < -0.4 is 10.6 Å². The first kappa shape index (κ1) is 19.0. The van der Waals surface area contributed by atoms with Gasteiger partial charge in [-0.2, -0.15) is 0 Å². The lowest BCUT2D eigenvalue weighted by atomic mass is 10.1. The first-order valence-corrected chi connectivity index (χ1v) is 8.69. The molecule has 6 nitrogen and oxygen atoms in total. The largest absolute Gasteiger partial charge is 0.322 e. The SMILES string of the molecule is CC(=O)c1ccc(NC(=O)c2cc(C(=O)Nc3ccc(C)cc3)ccn2)cc1. The number of nitrogens with zero attached hydrogens (tertiary/aromatic N) is 1. The number of ketones is 1. The molecule has 0 bridgehead atoms. The molecule has 0 aliphatic rings. The average molecular weight is 373 g/mol. The molecule has 0 saturated carbocycles. The van der Waals surface area contributed by atoms with E-state index < -0.39 is 5.91 Å². The van der Waals surface area contributed by atoms with Gasteiger partial charge in [0.15, 0.2) is 5.78 Å². The fraction of sp³-hybridized carbons (Fsp3) is 0.0909. The Bertz CT molecular complexity index is 1030. The fourth-order valence-electron chi connectivity index (χ4n) is 2.52. The molecule has 0 fully saturated rings. The Hall–Kier alpha value is -3.80. The van der Waals surface area contributed by atoms with Gasteiger partial charge in [-0.15, -0.1) is 0 Å². The predicted molar refractivity (Wildman–Crippen MR) is 108 cm³/mol. The highest BCUT2D eigenvalue weighted by Crippen LogP contribution is 2.14. The number of benzene rings is 2. The molecule has 1 heterocycles. The topological polar surface area (TPSA) is 88.2 Å². The van der Waals surface area contributed by atoms with E-state index in [-0.39, 0.29) is 17.4 Å². The number of Topliss-reactive ketones (excluding diaryl/α,β-unsaturated/α-hetero) is 1. The van der Waals surface area contributed by atoms with Crippen LogP contribution in [0.3, 0.4) is 0 Å². The van der Waals surface area contributed by atoms with E-state index >= 15 is 0 Å². The molecule has 0 unspecified atom stereocenters. The summed E-state index contributed by atoms with van der Waals surface area (Å²) < 4.78 is 0. The monoisotopic (exact) mass is 373 g/mol. The van der Waals surface area contributed by atoms with Crippen LogP contribution in [0.2, 0.25) is 0 Å². The molecule has 2 aromatic carbocycles. The van der Waals surface area contributed by atoms with Crippen LogP contribution in [-0.4, -0.2) is 22.6 Å². The highest BCUT2D eigenvalue weighted by atomic mass is 16.2. The second-order valence-electron chi connectivity index (χ2n) is 6.34. The van der Waals surface area contributed by atoms with Crippen molar-refractivity contribution in [2.45, 2.75) is 13.8 Å². The zero-order valence-corrected chi connectivity index (χ0v) is 15.5. The summed E-state index contributed by atoms with van der Waals surface area (Å²) in [7, 11) is 0. The number of carbonyl (C=O) groups is 3. The minimum atomic E-state index is -0.444. The van der Waals surface area contributed by atoms with E-state index in [0.29, 0.717) is 22.5 Å². The van der Waals surface area contributed by atoms with Crippen LogP contribution in [0.5, 0.6) is 0 Å². The van der Waals surface area contributed by atoms with E-state index in [0.717, 1.165) is 5.56 Å². The molecule has 0 atom stereocenters. The van der Waals surface area contributed by atoms with Crippen LogP contribution in [0, 0.1) is 6.92 Å². The third-order valence-electron chi connectivity index (χ3n) is 4.11. The maximum atomic E-state index is 12.4. The Kier molecular flexibility index (Phi) is 5.60. The number of hydrogen-bond acceptors (Lipinski definition) is 4. The van der Waals surface area contributed by atoms with Crippen LogP contribution in [-0.2, 0) is 0 Å². The van der Waals surface area contributed by atoms with Crippen molar-refractivity contribution >= 4 is 29.0 Å². The summed E-state index contributed by atoms with van der Waals surface area (Å²) in [6, 6.07) is 17.0. The number of anilines is 2. The number of pyridine rings is 1. The molecular formula is C22H19N3O3. The summed E-state index contributed by atoms with van der Waals surface area (Å²) in [5.41, 5.74) is 3.30. The summed E-state index contributed by atoms with van der Waals surface area (Å²) in [6.45, 7) is 3.44. The molecule has 0 saturated heterocycles. The number of rotatable bonds is 5. The Morgan fingerprint density at radius 3 is 1.93 bits per heavy atom. The number of aryl methyl sites for hydroxylation is 1. The van der Waals surface area contributed by atoms with Crippen molar-refractivity contribution in [2.75, 3.05) is 10.6 Å². The number of carbonyl (C=O) groups excluding carboxylic acids is 3. The maximum Gasteiger partial charge on any atom is 0.274 e. The number of amides is 2. The van der Waals surface area contributed by atoms with Gasteiger partial charge in [0.2, 0.25) is 0 Å².